The summed E-state index contributed by atoms with van der Waals surface area (Å²) in [5, 5.41) is 10.1. The van der Waals surface area contributed by atoms with Gasteiger partial charge in [0.25, 0.3) is 0 Å². The van der Waals surface area contributed by atoms with E-state index in [1.807, 2.05) is 6.07 Å². The standard InChI is InChI=1S/C40H58O4/c1-25(2)27-16-19-37(5)22-23-39(7)28(35(27)37)12-14-32-38(6)20-18-33(36(3,4)31(38)17-21-40(32,39)8)44-34(42)15-11-26-10-13-30(43-9)29(41)24-26/h10-11,13,15,24,27-28,31-33,35,41H,1,12,14,16-23H2,2-9H3/b15-11+/t27?,28?,31?,32?,33-,35?,37+,38-,39+,40+/m0/s1. The normalized spacial score (nSPS) is 44.2. The molecule has 10 atom stereocenters. The highest BCUT2D eigenvalue weighted by atomic mass is 16.5. The Morgan fingerprint density at radius 1 is 0.909 bits per heavy atom. The zero-order valence-electron chi connectivity index (χ0n) is 28.8. The predicted octanol–water partition coefficient (Wildman–Crippen LogP) is 10.0. The first-order valence-corrected chi connectivity index (χ1v) is 17.5. The van der Waals surface area contributed by atoms with Gasteiger partial charge in [0.2, 0.25) is 0 Å². The highest BCUT2D eigenvalue weighted by molar-refractivity contribution is 5.87. The minimum absolute atomic E-state index is 0.0593. The predicted molar refractivity (Wildman–Crippen MR) is 178 cm³/mol. The number of esters is 1. The van der Waals surface area contributed by atoms with Crippen LogP contribution in [0.25, 0.3) is 6.08 Å². The van der Waals surface area contributed by atoms with Crippen LogP contribution < -0.4 is 4.74 Å². The molecule has 5 saturated carbocycles. The van der Waals surface area contributed by atoms with Crippen LogP contribution in [-0.4, -0.2) is 24.3 Å². The maximum atomic E-state index is 13.1. The lowest BCUT2D eigenvalue weighted by Gasteiger charge is -2.73. The smallest absolute Gasteiger partial charge is 0.331 e. The number of carbonyl (C=O) groups is 1. The molecule has 1 N–H and O–H groups in total. The lowest BCUT2D eigenvalue weighted by atomic mass is 9.32. The van der Waals surface area contributed by atoms with Crippen molar-refractivity contribution in [1.82, 2.24) is 0 Å². The molecule has 5 fully saturated rings. The minimum Gasteiger partial charge on any atom is -0.504 e. The van der Waals surface area contributed by atoms with Gasteiger partial charge in [-0.05, 0) is 146 Å². The van der Waals surface area contributed by atoms with E-state index in [1.54, 1.807) is 18.2 Å². The molecule has 6 rings (SSSR count). The number of hydrogen-bond donors (Lipinski definition) is 1. The van der Waals surface area contributed by atoms with Crippen molar-refractivity contribution in [3.63, 3.8) is 0 Å². The van der Waals surface area contributed by atoms with Crippen molar-refractivity contribution in [3.8, 4) is 11.5 Å². The molecule has 5 aliphatic rings. The zero-order chi connectivity index (χ0) is 31.9. The first kappa shape index (κ1) is 31.7. The lowest BCUT2D eigenvalue weighted by molar-refractivity contribution is -0.248. The van der Waals surface area contributed by atoms with E-state index in [4.69, 9.17) is 9.47 Å². The van der Waals surface area contributed by atoms with Crippen molar-refractivity contribution in [2.24, 2.45) is 56.7 Å². The van der Waals surface area contributed by atoms with Gasteiger partial charge in [0.05, 0.1) is 7.11 Å². The summed E-state index contributed by atoms with van der Waals surface area (Å²) in [5.74, 6) is 3.71. The van der Waals surface area contributed by atoms with Gasteiger partial charge < -0.3 is 14.6 Å². The molecule has 44 heavy (non-hydrogen) atoms. The molecule has 5 aliphatic carbocycles. The summed E-state index contributed by atoms with van der Waals surface area (Å²) in [4.78, 5) is 13.1. The molecule has 0 radical (unpaired) electrons. The first-order valence-electron chi connectivity index (χ1n) is 17.5. The second-order valence-electron chi connectivity index (χ2n) is 17.4. The van der Waals surface area contributed by atoms with Gasteiger partial charge in [-0.2, -0.15) is 0 Å². The molecule has 0 heterocycles. The number of ether oxygens (including phenoxy) is 2. The van der Waals surface area contributed by atoms with Crippen LogP contribution in [0.5, 0.6) is 11.5 Å². The van der Waals surface area contributed by atoms with E-state index in [0.29, 0.717) is 39.7 Å². The van der Waals surface area contributed by atoms with Crippen molar-refractivity contribution in [2.75, 3.05) is 7.11 Å². The van der Waals surface area contributed by atoms with Crippen LogP contribution in [0.15, 0.2) is 36.4 Å². The van der Waals surface area contributed by atoms with E-state index >= 15 is 0 Å². The summed E-state index contributed by atoms with van der Waals surface area (Å²) in [6.07, 6.45) is 15.9. The number of methoxy groups -OCH3 is 1. The van der Waals surface area contributed by atoms with Crippen molar-refractivity contribution >= 4 is 12.0 Å². The second kappa shape index (κ2) is 10.7. The van der Waals surface area contributed by atoms with Crippen LogP contribution in [-0.2, 0) is 9.53 Å². The molecular formula is C40H58O4. The Balaban J connectivity index is 1.21. The molecule has 5 unspecified atom stereocenters. The molecule has 1 aromatic rings. The van der Waals surface area contributed by atoms with Gasteiger partial charge in [-0.3, -0.25) is 0 Å². The summed E-state index contributed by atoms with van der Waals surface area (Å²) < 4.78 is 11.4. The van der Waals surface area contributed by atoms with Crippen molar-refractivity contribution in [1.29, 1.82) is 0 Å². The van der Waals surface area contributed by atoms with Gasteiger partial charge >= 0.3 is 5.97 Å². The minimum atomic E-state index is -0.301. The Morgan fingerprint density at radius 2 is 1.66 bits per heavy atom. The molecular weight excluding hydrogens is 544 g/mol. The molecule has 4 heteroatoms. The Labute approximate surface area is 267 Å². The van der Waals surface area contributed by atoms with Crippen LogP contribution in [0, 0.1) is 56.7 Å². The number of rotatable bonds is 5. The number of fused-ring (bicyclic) bond motifs is 7. The van der Waals surface area contributed by atoms with E-state index in [0.717, 1.165) is 30.2 Å². The monoisotopic (exact) mass is 602 g/mol. The Hall–Kier alpha value is -2.23. The van der Waals surface area contributed by atoms with Gasteiger partial charge in [-0.1, -0.05) is 59.8 Å². The third-order valence-corrected chi connectivity index (χ3v) is 15.3. The highest BCUT2D eigenvalue weighted by Crippen LogP contribution is 2.77. The van der Waals surface area contributed by atoms with Gasteiger partial charge in [0, 0.05) is 11.5 Å². The summed E-state index contributed by atoms with van der Waals surface area (Å²) in [6, 6.07) is 5.13. The molecule has 0 spiro atoms. The largest absolute Gasteiger partial charge is 0.504 e. The third-order valence-electron chi connectivity index (χ3n) is 15.3. The van der Waals surface area contributed by atoms with Gasteiger partial charge in [-0.15, -0.1) is 0 Å². The van der Waals surface area contributed by atoms with Crippen molar-refractivity contribution < 1.29 is 19.4 Å². The number of phenolic OH excluding ortho intramolecular Hbond substituents is 1. The fourth-order valence-electron chi connectivity index (χ4n) is 12.8. The maximum absolute atomic E-state index is 13.1. The number of aromatic hydroxyl groups is 1. The maximum Gasteiger partial charge on any atom is 0.331 e. The number of carbonyl (C=O) groups excluding carboxylic acids is 1. The fourth-order valence-corrected chi connectivity index (χ4v) is 12.8. The number of phenols is 1. The van der Waals surface area contributed by atoms with E-state index in [-0.39, 0.29) is 28.7 Å². The SMILES string of the molecule is C=C(C)C1CC[C@]2(C)CC[C@]3(C)C(CCC4[C@@]5(C)CC[C@H](OC(=O)/C=C/c6ccc(OC)c(O)c6)C(C)(C)C5CC[C@]43C)C12. The number of allylic oxidation sites excluding steroid dienone is 1. The summed E-state index contributed by atoms with van der Waals surface area (Å²) >= 11 is 0. The molecule has 0 bridgehead atoms. The first-order chi connectivity index (χ1) is 20.6. The molecule has 0 aromatic heterocycles. The Bertz CT molecular complexity index is 1340. The average Bonchev–Trinajstić information content (AvgIpc) is 3.32. The van der Waals surface area contributed by atoms with Gasteiger partial charge in [0.15, 0.2) is 11.5 Å². The molecule has 0 aliphatic heterocycles. The molecule has 0 amide bonds. The van der Waals surface area contributed by atoms with E-state index in [9.17, 15) is 9.90 Å². The second-order valence-corrected chi connectivity index (χ2v) is 17.4. The molecule has 4 nitrogen and oxygen atoms in total. The van der Waals surface area contributed by atoms with Crippen molar-refractivity contribution in [3.05, 3.63) is 42.0 Å². The fraction of sp³-hybridized carbons (Fsp3) is 0.725. The summed E-state index contributed by atoms with van der Waals surface area (Å²) in [5.41, 5.74) is 3.55. The van der Waals surface area contributed by atoms with E-state index < -0.39 is 0 Å². The van der Waals surface area contributed by atoms with Crippen LogP contribution in [0.3, 0.4) is 0 Å². The van der Waals surface area contributed by atoms with Crippen LogP contribution in [0.2, 0.25) is 0 Å². The molecule has 1 aromatic carbocycles. The van der Waals surface area contributed by atoms with Gasteiger partial charge in [-0.25, -0.2) is 4.79 Å². The summed E-state index contributed by atoms with van der Waals surface area (Å²) in [6.45, 7) is 22.2. The van der Waals surface area contributed by atoms with Crippen LogP contribution >= 0.6 is 0 Å². The average molecular weight is 603 g/mol. The van der Waals surface area contributed by atoms with E-state index in [2.05, 4.69) is 55.0 Å². The van der Waals surface area contributed by atoms with E-state index in [1.165, 1.54) is 70.1 Å². The third kappa shape index (κ3) is 4.54. The zero-order valence-corrected chi connectivity index (χ0v) is 28.8. The quantitative estimate of drug-likeness (QED) is 0.207. The van der Waals surface area contributed by atoms with Crippen LogP contribution in [0.4, 0.5) is 0 Å². The van der Waals surface area contributed by atoms with Gasteiger partial charge in [0.1, 0.15) is 6.10 Å². The lowest BCUT2D eigenvalue weighted by Crippen LogP contribution is -2.66. The number of benzene rings is 1. The Morgan fingerprint density at radius 3 is 2.34 bits per heavy atom. The Kier molecular flexibility index (Phi) is 7.69. The number of hydrogen-bond acceptors (Lipinski definition) is 4. The topological polar surface area (TPSA) is 55.8 Å². The molecule has 0 saturated heterocycles. The highest BCUT2D eigenvalue weighted by Gasteiger charge is 2.70. The van der Waals surface area contributed by atoms with Crippen molar-refractivity contribution in [2.45, 2.75) is 119 Å². The molecule has 242 valence electrons. The summed E-state index contributed by atoms with van der Waals surface area (Å²) in [7, 11) is 1.52. The van der Waals surface area contributed by atoms with Crippen LogP contribution in [0.1, 0.15) is 118 Å².